The summed E-state index contributed by atoms with van der Waals surface area (Å²) in [7, 11) is 0. The van der Waals surface area contributed by atoms with Crippen LogP contribution in [-0.4, -0.2) is 11.6 Å². The van der Waals surface area contributed by atoms with E-state index in [1.807, 2.05) is 66.7 Å². The molecule has 160 valence electrons. The molecule has 0 unspecified atom stereocenters. The number of hydrogen-bond acceptors (Lipinski definition) is 3. The first-order chi connectivity index (χ1) is 16.3. The molecule has 2 aliphatic rings. The van der Waals surface area contributed by atoms with Gasteiger partial charge in [0, 0.05) is 16.8 Å². The second-order valence-corrected chi connectivity index (χ2v) is 8.78. The lowest BCUT2D eigenvalue weighted by Gasteiger charge is -2.34. The van der Waals surface area contributed by atoms with Gasteiger partial charge in [0.25, 0.3) is 0 Å². The van der Waals surface area contributed by atoms with E-state index in [9.17, 15) is 9.59 Å². The smallest absolute Gasteiger partial charge is 0.169 e. The predicted octanol–water partition coefficient (Wildman–Crippen LogP) is 6.30. The maximum Gasteiger partial charge on any atom is 0.169 e. The number of carbonyl (C=O) groups excluding carboxylic acids is 2. The minimum absolute atomic E-state index is 0.0587. The fourth-order valence-corrected chi connectivity index (χ4v) is 5.75. The van der Waals surface area contributed by atoms with Crippen molar-refractivity contribution in [3.63, 3.8) is 0 Å². The minimum atomic E-state index is -0.458. The number of carbonyl (C=O) groups is 2. The van der Waals surface area contributed by atoms with Gasteiger partial charge in [-0.25, -0.2) is 0 Å². The summed E-state index contributed by atoms with van der Waals surface area (Å²) >= 11 is 0. The van der Waals surface area contributed by atoms with Crippen LogP contribution in [0.2, 0.25) is 0 Å². The van der Waals surface area contributed by atoms with Crippen LogP contribution in [0.1, 0.15) is 43.9 Å². The molecule has 0 radical (unpaired) electrons. The molecule has 1 aliphatic carbocycles. The highest BCUT2D eigenvalue weighted by Gasteiger charge is 2.58. The van der Waals surface area contributed by atoms with Crippen LogP contribution in [0.3, 0.4) is 0 Å². The van der Waals surface area contributed by atoms with Crippen LogP contribution in [0.15, 0.2) is 115 Å². The zero-order chi connectivity index (χ0) is 22.4. The Bertz CT molecular complexity index is 1230. The van der Waals surface area contributed by atoms with Crippen molar-refractivity contribution in [3.05, 3.63) is 138 Å². The number of benzene rings is 4. The highest BCUT2D eigenvalue weighted by atomic mass is 16.1. The summed E-state index contributed by atoms with van der Waals surface area (Å²) in [6.07, 6.45) is 0. The fourth-order valence-electron chi connectivity index (χ4n) is 5.75. The summed E-state index contributed by atoms with van der Waals surface area (Å²) in [6, 6.07) is 37.3. The summed E-state index contributed by atoms with van der Waals surface area (Å²) in [4.78, 5) is 30.3. The van der Waals surface area contributed by atoms with Crippen LogP contribution in [0, 0.1) is 11.8 Å². The first-order valence-corrected chi connectivity index (χ1v) is 11.4. The van der Waals surface area contributed by atoms with Gasteiger partial charge in [0.1, 0.15) is 0 Å². The van der Waals surface area contributed by atoms with Crippen molar-refractivity contribution < 1.29 is 9.59 Å². The van der Waals surface area contributed by atoms with E-state index in [0.717, 1.165) is 16.8 Å². The molecule has 3 heteroatoms. The van der Waals surface area contributed by atoms with Crippen LogP contribution in [0.4, 0.5) is 5.69 Å². The van der Waals surface area contributed by atoms with E-state index in [4.69, 9.17) is 0 Å². The average Bonchev–Trinajstić information content (AvgIpc) is 3.25. The molecule has 4 aromatic carbocycles. The molecule has 4 atom stereocenters. The molecule has 1 fully saturated rings. The molecule has 0 N–H and O–H groups in total. The first kappa shape index (κ1) is 19.7. The third kappa shape index (κ3) is 3.04. The molecule has 0 saturated carbocycles. The number of anilines is 1. The molecule has 6 rings (SSSR count). The molecular formula is C30H23NO2. The maximum atomic E-state index is 14.0. The van der Waals surface area contributed by atoms with Crippen molar-refractivity contribution in [2.45, 2.75) is 12.1 Å². The zero-order valence-corrected chi connectivity index (χ0v) is 18.0. The summed E-state index contributed by atoms with van der Waals surface area (Å²) in [5.41, 5.74) is 4.21. The van der Waals surface area contributed by atoms with Crippen LogP contribution in [0.25, 0.3) is 0 Å². The molecule has 1 aliphatic heterocycles. The van der Waals surface area contributed by atoms with E-state index in [1.54, 1.807) is 12.1 Å². The van der Waals surface area contributed by atoms with Gasteiger partial charge in [0.2, 0.25) is 0 Å². The van der Waals surface area contributed by atoms with Crippen molar-refractivity contribution in [1.29, 1.82) is 0 Å². The number of fused-ring (bicyclic) bond motifs is 2. The van der Waals surface area contributed by atoms with E-state index in [0.29, 0.717) is 11.1 Å². The molecule has 0 bridgehead atoms. The lowest BCUT2D eigenvalue weighted by Crippen LogP contribution is -2.37. The van der Waals surface area contributed by atoms with E-state index in [2.05, 4.69) is 41.3 Å². The second-order valence-electron chi connectivity index (χ2n) is 8.78. The summed E-state index contributed by atoms with van der Waals surface area (Å²) in [5, 5.41) is 0. The van der Waals surface area contributed by atoms with Gasteiger partial charge in [0.05, 0.1) is 23.9 Å². The molecule has 33 heavy (non-hydrogen) atoms. The van der Waals surface area contributed by atoms with Crippen molar-refractivity contribution >= 4 is 17.3 Å². The van der Waals surface area contributed by atoms with Gasteiger partial charge >= 0.3 is 0 Å². The largest absolute Gasteiger partial charge is 0.356 e. The molecule has 0 aromatic heterocycles. The van der Waals surface area contributed by atoms with Crippen LogP contribution < -0.4 is 4.90 Å². The third-order valence-electron chi connectivity index (χ3n) is 7.07. The zero-order valence-electron chi connectivity index (χ0n) is 18.0. The Morgan fingerprint density at radius 3 is 1.24 bits per heavy atom. The summed E-state index contributed by atoms with van der Waals surface area (Å²) in [6.45, 7) is 0. The Kier molecular flexibility index (Phi) is 4.69. The van der Waals surface area contributed by atoms with E-state index >= 15 is 0 Å². The second kappa shape index (κ2) is 7.86. The third-order valence-corrected chi connectivity index (χ3v) is 7.07. The standard InChI is InChI=1S/C30H23NO2/c32-29-23-18-10-11-19-24(23)30(33)26-25(29)27(20-12-4-1-5-13-20)31(22-16-8-3-9-17-22)28(26)21-14-6-2-7-15-21/h1-19,25-28H/t25-,26+,27-,28-/m0/s1. The van der Waals surface area contributed by atoms with Gasteiger partial charge < -0.3 is 4.90 Å². The number of nitrogens with zero attached hydrogens (tertiary/aromatic N) is 1. The molecule has 0 spiro atoms. The van der Waals surface area contributed by atoms with E-state index in [-0.39, 0.29) is 23.7 Å². The molecular weight excluding hydrogens is 406 g/mol. The number of para-hydroxylation sites is 1. The SMILES string of the molecule is O=C1c2ccccc2C(=O)[C@H]2[C@@H]1[C@H](c1ccccc1)N(c1ccccc1)[C@H]2c1ccccc1. The van der Waals surface area contributed by atoms with Crippen LogP contribution >= 0.6 is 0 Å². The Morgan fingerprint density at radius 2 is 0.818 bits per heavy atom. The van der Waals surface area contributed by atoms with E-state index in [1.165, 1.54) is 0 Å². The van der Waals surface area contributed by atoms with Crippen molar-refractivity contribution in [2.75, 3.05) is 4.90 Å². The van der Waals surface area contributed by atoms with Gasteiger partial charge in [-0.1, -0.05) is 103 Å². The Labute approximate surface area is 193 Å². The molecule has 0 amide bonds. The van der Waals surface area contributed by atoms with Gasteiger partial charge in [-0.15, -0.1) is 0 Å². The number of ketones is 2. The summed E-state index contributed by atoms with van der Waals surface area (Å²) in [5.74, 6) is -0.799. The van der Waals surface area contributed by atoms with Crippen LogP contribution in [0.5, 0.6) is 0 Å². The summed E-state index contributed by atoms with van der Waals surface area (Å²) < 4.78 is 0. The van der Waals surface area contributed by atoms with Crippen molar-refractivity contribution in [3.8, 4) is 0 Å². The van der Waals surface area contributed by atoms with Gasteiger partial charge in [-0.05, 0) is 23.3 Å². The molecule has 4 aromatic rings. The topological polar surface area (TPSA) is 37.4 Å². The minimum Gasteiger partial charge on any atom is -0.356 e. The molecule has 1 saturated heterocycles. The lowest BCUT2D eigenvalue weighted by atomic mass is 9.69. The normalized spacial score (nSPS) is 23.8. The first-order valence-electron chi connectivity index (χ1n) is 11.4. The Balaban J connectivity index is 1.64. The monoisotopic (exact) mass is 429 g/mol. The predicted molar refractivity (Wildman–Crippen MR) is 129 cm³/mol. The Morgan fingerprint density at radius 1 is 0.455 bits per heavy atom. The Hall–Kier alpha value is -3.98. The van der Waals surface area contributed by atoms with Crippen LogP contribution in [-0.2, 0) is 0 Å². The maximum absolute atomic E-state index is 14.0. The number of hydrogen-bond donors (Lipinski definition) is 0. The average molecular weight is 430 g/mol. The van der Waals surface area contributed by atoms with Gasteiger partial charge in [-0.3, -0.25) is 9.59 Å². The highest BCUT2D eigenvalue weighted by molar-refractivity contribution is 6.17. The number of Topliss-reactive ketones (excluding diaryl/α,β-unsaturated/α-hetero) is 2. The lowest BCUT2D eigenvalue weighted by molar-refractivity contribution is 0.0741. The van der Waals surface area contributed by atoms with Crippen molar-refractivity contribution in [2.24, 2.45) is 11.8 Å². The van der Waals surface area contributed by atoms with E-state index < -0.39 is 11.8 Å². The molecule has 3 nitrogen and oxygen atoms in total. The van der Waals surface area contributed by atoms with Gasteiger partial charge in [-0.2, -0.15) is 0 Å². The van der Waals surface area contributed by atoms with Crippen molar-refractivity contribution in [1.82, 2.24) is 0 Å². The fraction of sp³-hybridized carbons (Fsp3) is 0.133. The highest BCUT2D eigenvalue weighted by Crippen LogP contribution is 2.57. The molecule has 1 heterocycles. The quantitative estimate of drug-likeness (QED) is 0.383. The number of rotatable bonds is 3. The van der Waals surface area contributed by atoms with Gasteiger partial charge in [0.15, 0.2) is 11.6 Å².